The molecule has 1 saturated carbocycles. The van der Waals surface area contributed by atoms with Gasteiger partial charge in [-0.05, 0) is 85.7 Å². The smallest absolute Gasteiger partial charge is 0.418 e. The first-order chi connectivity index (χ1) is 25.4. The maximum atomic E-state index is 14.4. The fourth-order valence-electron chi connectivity index (χ4n) is 7.61. The molecule has 2 aliphatic carbocycles. The highest BCUT2D eigenvalue weighted by molar-refractivity contribution is 6.36. The van der Waals surface area contributed by atoms with Crippen molar-refractivity contribution in [2.75, 3.05) is 20.8 Å². The van der Waals surface area contributed by atoms with Crippen LogP contribution in [0.25, 0.3) is 22.4 Å². The molecule has 0 radical (unpaired) electrons. The van der Waals surface area contributed by atoms with Crippen LogP contribution in [0.3, 0.4) is 0 Å². The van der Waals surface area contributed by atoms with E-state index in [2.05, 4.69) is 10.3 Å². The highest BCUT2D eigenvalue weighted by atomic mass is 35.5. The molecule has 280 valence electrons. The molecule has 53 heavy (non-hydrogen) atoms. The Morgan fingerprint density at radius 3 is 2.40 bits per heavy atom. The first kappa shape index (κ1) is 38.3. The third-order valence-corrected chi connectivity index (χ3v) is 10.9. The van der Waals surface area contributed by atoms with Gasteiger partial charge in [-0.15, -0.1) is 0 Å². The molecule has 2 aromatic heterocycles. The van der Waals surface area contributed by atoms with Crippen LogP contribution >= 0.6 is 11.6 Å². The number of rotatable bonds is 14. The van der Waals surface area contributed by atoms with E-state index in [9.17, 15) is 27.9 Å². The SMILES string of the molecule is COc1nc(-c2cccc(-c3cccc4c3CC[C@@H]4Cc3nc(OC)c(CC[C@@H](C)C(=O)O)cc3C(F)(F)F)c2Cl)ccc1CNC[C@@H]1CCC(=O)C1. The molecule has 4 aromatic rings. The number of Topliss-reactive ketones (excluding diaryl/α,β-unsaturated/α-hetero) is 1. The van der Waals surface area contributed by atoms with Crippen molar-refractivity contribution in [3.05, 3.63) is 93.1 Å². The zero-order chi connectivity index (χ0) is 37.9. The van der Waals surface area contributed by atoms with E-state index in [1.54, 1.807) is 7.11 Å². The fraction of sp³-hybridized carbons (Fsp3) is 0.415. The Hall–Kier alpha value is -4.48. The maximum absolute atomic E-state index is 14.4. The molecule has 2 aromatic carbocycles. The van der Waals surface area contributed by atoms with E-state index >= 15 is 0 Å². The van der Waals surface area contributed by atoms with Gasteiger partial charge in [0, 0.05) is 41.6 Å². The number of carbonyl (C=O) groups excluding carboxylic acids is 1. The second kappa shape index (κ2) is 16.3. The van der Waals surface area contributed by atoms with Gasteiger partial charge >= 0.3 is 12.1 Å². The molecule has 2 heterocycles. The van der Waals surface area contributed by atoms with Gasteiger partial charge in [-0.1, -0.05) is 61.0 Å². The van der Waals surface area contributed by atoms with Crippen molar-refractivity contribution in [1.29, 1.82) is 0 Å². The lowest BCUT2D eigenvalue weighted by atomic mass is 9.90. The first-order valence-electron chi connectivity index (χ1n) is 17.9. The molecule has 0 aliphatic heterocycles. The van der Waals surface area contributed by atoms with Crippen LogP contribution in [0.5, 0.6) is 11.8 Å². The summed E-state index contributed by atoms with van der Waals surface area (Å²) in [6, 6.07) is 16.6. The second-order valence-electron chi connectivity index (χ2n) is 14.1. The van der Waals surface area contributed by atoms with Crippen LogP contribution in [0.1, 0.15) is 78.5 Å². The number of carboxylic acid groups (broad SMARTS) is 1. The molecule has 1 fully saturated rings. The molecule has 3 atom stereocenters. The number of aliphatic carboxylic acids is 1. The summed E-state index contributed by atoms with van der Waals surface area (Å²) >= 11 is 7.13. The summed E-state index contributed by atoms with van der Waals surface area (Å²) in [5.74, 6) is -0.714. The Balaban J connectivity index is 1.25. The molecule has 8 nitrogen and oxygen atoms in total. The number of halogens is 4. The molecule has 0 unspecified atom stereocenters. The highest BCUT2D eigenvalue weighted by Gasteiger charge is 2.37. The number of nitrogens with one attached hydrogen (secondary N) is 1. The number of benzene rings is 2. The normalized spacial score (nSPS) is 17.5. The number of methoxy groups -OCH3 is 2. The number of pyridine rings is 2. The van der Waals surface area contributed by atoms with Crippen LogP contribution in [-0.4, -0.2) is 47.6 Å². The minimum atomic E-state index is -4.65. The summed E-state index contributed by atoms with van der Waals surface area (Å²) in [5, 5.41) is 13.2. The van der Waals surface area contributed by atoms with Crippen LogP contribution in [0.4, 0.5) is 13.2 Å². The molecule has 0 amide bonds. The largest absolute Gasteiger partial charge is 0.481 e. The summed E-state index contributed by atoms with van der Waals surface area (Å²) in [7, 11) is 2.94. The number of aryl methyl sites for hydroxylation is 1. The minimum absolute atomic E-state index is 0.0605. The summed E-state index contributed by atoms with van der Waals surface area (Å²) in [6.07, 6.45) is -0.858. The average molecular weight is 750 g/mol. The first-order valence-corrected chi connectivity index (χ1v) is 18.3. The van der Waals surface area contributed by atoms with E-state index in [1.807, 2.05) is 48.5 Å². The summed E-state index contributed by atoms with van der Waals surface area (Å²) in [4.78, 5) is 32.1. The third-order valence-electron chi connectivity index (χ3n) is 10.5. The van der Waals surface area contributed by atoms with E-state index in [4.69, 9.17) is 26.1 Å². The number of carbonyl (C=O) groups is 2. The number of carboxylic acids is 1. The van der Waals surface area contributed by atoms with Gasteiger partial charge < -0.3 is 19.9 Å². The number of ether oxygens (including phenoxy) is 2. The highest BCUT2D eigenvalue weighted by Crippen LogP contribution is 2.45. The summed E-state index contributed by atoms with van der Waals surface area (Å²) in [5.41, 5.74) is 5.27. The number of alkyl halides is 3. The molecule has 6 rings (SSSR count). The fourth-order valence-corrected chi connectivity index (χ4v) is 7.93. The minimum Gasteiger partial charge on any atom is -0.481 e. The van der Waals surface area contributed by atoms with Crippen molar-refractivity contribution >= 4 is 23.4 Å². The van der Waals surface area contributed by atoms with Crippen molar-refractivity contribution < 1.29 is 37.3 Å². The molecule has 0 spiro atoms. The van der Waals surface area contributed by atoms with E-state index in [0.717, 1.165) is 52.4 Å². The molecular weight excluding hydrogens is 707 g/mol. The van der Waals surface area contributed by atoms with Crippen molar-refractivity contribution in [3.8, 4) is 34.1 Å². The van der Waals surface area contributed by atoms with Gasteiger partial charge in [0.2, 0.25) is 11.8 Å². The van der Waals surface area contributed by atoms with Crippen LogP contribution in [0.2, 0.25) is 5.02 Å². The number of hydrogen-bond donors (Lipinski definition) is 2. The predicted molar refractivity (Wildman–Crippen MR) is 196 cm³/mol. The van der Waals surface area contributed by atoms with Gasteiger partial charge in [0.05, 0.1) is 42.1 Å². The Kier molecular flexibility index (Phi) is 11.7. The van der Waals surface area contributed by atoms with E-state index in [1.165, 1.54) is 14.0 Å². The standard InChI is InChI=1S/C41H43ClF3N3O5/c1-23(40(50)51)10-12-26-19-34(41(43,44)45)36(48-38(26)52-2)20-25-13-16-31-29(25)6-4-7-30(31)32-8-5-9-33(37(32)42)35-17-14-27(39(47-35)53-3)22-46-21-24-11-15-28(49)18-24/h4-9,14,17,19,23-25,46H,10-13,15-16,18,20-22H2,1-3H3,(H,50,51)/t23-,24-,25-/m1/s1. The zero-order valence-electron chi connectivity index (χ0n) is 30.0. The van der Waals surface area contributed by atoms with E-state index in [0.29, 0.717) is 60.5 Å². The molecule has 2 aliphatic rings. The van der Waals surface area contributed by atoms with Gasteiger partial charge in [-0.25, -0.2) is 9.97 Å². The van der Waals surface area contributed by atoms with Crippen molar-refractivity contribution in [2.24, 2.45) is 11.8 Å². The lowest BCUT2D eigenvalue weighted by molar-refractivity contribution is -0.141. The van der Waals surface area contributed by atoms with Gasteiger partial charge in [0.1, 0.15) is 5.78 Å². The molecule has 0 bridgehead atoms. The summed E-state index contributed by atoms with van der Waals surface area (Å²) in [6.45, 7) is 2.82. The predicted octanol–water partition coefficient (Wildman–Crippen LogP) is 8.88. The number of hydrogen-bond acceptors (Lipinski definition) is 7. The number of ketones is 1. The molecule has 0 saturated heterocycles. The number of nitrogens with zero attached hydrogens (tertiary/aromatic N) is 2. The third kappa shape index (κ3) is 8.52. The van der Waals surface area contributed by atoms with Crippen molar-refractivity contribution in [3.63, 3.8) is 0 Å². The monoisotopic (exact) mass is 749 g/mol. The molecule has 2 N–H and O–H groups in total. The number of fused-ring (bicyclic) bond motifs is 1. The Labute approximate surface area is 312 Å². The van der Waals surface area contributed by atoms with Gasteiger partial charge in [-0.2, -0.15) is 13.2 Å². The quantitative estimate of drug-likeness (QED) is 0.132. The van der Waals surface area contributed by atoms with E-state index in [-0.39, 0.29) is 42.3 Å². The van der Waals surface area contributed by atoms with Gasteiger partial charge in [0.15, 0.2) is 0 Å². The second-order valence-corrected chi connectivity index (χ2v) is 14.4. The summed E-state index contributed by atoms with van der Waals surface area (Å²) < 4.78 is 54.4. The maximum Gasteiger partial charge on any atom is 0.418 e. The van der Waals surface area contributed by atoms with Crippen LogP contribution in [0, 0.1) is 11.8 Å². The zero-order valence-corrected chi connectivity index (χ0v) is 30.7. The van der Waals surface area contributed by atoms with Gasteiger partial charge in [0.25, 0.3) is 0 Å². The van der Waals surface area contributed by atoms with Crippen LogP contribution in [-0.2, 0) is 41.6 Å². The average Bonchev–Trinajstić information content (AvgIpc) is 3.75. The van der Waals surface area contributed by atoms with E-state index < -0.39 is 23.6 Å². The number of aromatic nitrogens is 2. The van der Waals surface area contributed by atoms with Crippen LogP contribution in [0.15, 0.2) is 54.6 Å². The Bertz CT molecular complexity index is 2000. The van der Waals surface area contributed by atoms with Gasteiger partial charge in [-0.3, -0.25) is 9.59 Å². The lowest BCUT2D eigenvalue weighted by Gasteiger charge is -2.20. The molecule has 12 heteroatoms. The van der Waals surface area contributed by atoms with Crippen LogP contribution < -0.4 is 14.8 Å². The Morgan fingerprint density at radius 2 is 1.70 bits per heavy atom. The molecular formula is C41H43ClF3N3O5. The Morgan fingerprint density at radius 1 is 0.981 bits per heavy atom. The topological polar surface area (TPSA) is 111 Å². The lowest BCUT2D eigenvalue weighted by Crippen LogP contribution is -2.21. The van der Waals surface area contributed by atoms with Crippen molar-refractivity contribution in [1.82, 2.24) is 15.3 Å². The van der Waals surface area contributed by atoms with Crippen molar-refractivity contribution in [2.45, 2.75) is 76.9 Å².